The highest BCUT2D eigenvalue weighted by atomic mass is 16.5. The highest BCUT2D eigenvalue weighted by Gasteiger charge is 2.15. The molecule has 3 heteroatoms. The van der Waals surface area contributed by atoms with Crippen molar-refractivity contribution in [2.75, 3.05) is 7.11 Å². The topological polar surface area (TPSA) is 38.3 Å². The average molecular weight is 233 g/mol. The van der Waals surface area contributed by atoms with E-state index in [9.17, 15) is 4.79 Å². The zero-order chi connectivity index (χ0) is 12.7. The molecule has 0 spiro atoms. The Kier molecular flexibility index (Phi) is 5.27. The van der Waals surface area contributed by atoms with Crippen LogP contribution in [0.2, 0.25) is 0 Å². The van der Waals surface area contributed by atoms with E-state index in [-0.39, 0.29) is 11.8 Å². The van der Waals surface area contributed by atoms with Gasteiger partial charge in [0.15, 0.2) is 5.88 Å². The van der Waals surface area contributed by atoms with E-state index in [0.29, 0.717) is 18.7 Å². The fourth-order valence-electron chi connectivity index (χ4n) is 1.56. The van der Waals surface area contributed by atoms with E-state index in [1.165, 1.54) is 0 Å². The predicted molar refractivity (Wildman–Crippen MR) is 68.4 cm³/mol. The Balaban J connectivity index is 2.79. The molecule has 1 unspecified atom stereocenters. The first-order valence-electron chi connectivity index (χ1n) is 5.73. The van der Waals surface area contributed by atoms with Gasteiger partial charge in [-0.3, -0.25) is 4.79 Å². The average Bonchev–Trinajstić information content (AvgIpc) is 2.38. The minimum absolute atomic E-state index is 0.0731. The molecule has 0 bridgehead atoms. The molecule has 0 saturated heterocycles. The molecule has 0 aliphatic rings. The molecule has 0 aliphatic carbocycles. The van der Waals surface area contributed by atoms with Crippen LogP contribution in [0.25, 0.3) is 0 Å². The molecule has 0 heterocycles. The number of nitrogens with one attached hydrogen (secondary N) is 1. The first-order valence-corrected chi connectivity index (χ1v) is 5.73. The molecule has 1 aromatic carbocycles. The number of hydrogen-bond donors (Lipinski definition) is 1. The van der Waals surface area contributed by atoms with E-state index in [0.717, 1.165) is 5.56 Å². The van der Waals surface area contributed by atoms with Crippen LogP contribution in [0.4, 0.5) is 0 Å². The number of rotatable bonds is 7. The van der Waals surface area contributed by atoms with Gasteiger partial charge < -0.3 is 10.1 Å². The van der Waals surface area contributed by atoms with Gasteiger partial charge in [0, 0.05) is 12.8 Å². The van der Waals surface area contributed by atoms with Crippen LogP contribution in [-0.4, -0.2) is 12.9 Å². The monoisotopic (exact) mass is 233 g/mol. The van der Waals surface area contributed by atoms with Crippen LogP contribution in [-0.2, 0) is 9.53 Å². The van der Waals surface area contributed by atoms with Gasteiger partial charge in [-0.25, -0.2) is 0 Å². The molecule has 1 atom stereocenters. The van der Waals surface area contributed by atoms with Crippen LogP contribution in [0.15, 0.2) is 42.8 Å². The second-order valence-corrected chi connectivity index (χ2v) is 3.83. The molecule has 0 radical (unpaired) electrons. The summed E-state index contributed by atoms with van der Waals surface area (Å²) < 4.78 is 5.00. The summed E-state index contributed by atoms with van der Waals surface area (Å²) in [5.41, 5.74) is 1.06. The number of ketones is 1. The molecule has 0 aromatic heterocycles. The lowest BCUT2D eigenvalue weighted by molar-refractivity contribution is -0.119. The van der Waals surface area contributed by atoms with E-state index in [1.54, 1.807) is 7.11 Å². The number of benzene rings is 1. The summed E-state index contributed by atoms with van der Waals surface area (Å²) in [4.78, 5) is 11.6. The Morgan fingerprint density at radius 2 is 2.06 bits per heavy atom. The number of hydrogen-bond acceptors (Lipinski definition) is 3. The summed E-state index contributed by atoms with van der Waals surface area (Å²) in [6, 6.07) is 9.77. The lowest BCUT2D eigenvalue weighted by Crippen LogP contribution is -2.23. The molecule has 1 rings (SSSR count). The van der Waals surface area contributed by atoms with Crippen LogP contribution < -0.4 is 5.32 Å². The molecule has 0 fully saturated rings. The van der Waals surface area contributed by atoms with E-state index >= 15 is 0 Å². The Morgan fingerprint density at radius 1 is 1.41 bits per heavy atom. The van der Waals surface area contributed by atoms with E-state index < -0.39 is 0 Å². The molecule has 0 aliphatic heterocycles. The van der Waals surface area contributed by atoms with Crippen molar-refractivity contribution >= 4 is 5.78 Å². The molecule has 0 amide bonds. The summed E-state index contributed by atoms with van der Waals surface area (Å²) >= 11 is 0. The van der Waals surface area contributed by atoms with Crippen molar-refractivity contribution < 1.29 is 9.53 Å². The number of carbonyl (C=O) groups excluding carboxylic acids is 1. The number of ether oxygens (including phenoxy) is 1. The smallest absolute Gasteiger partial charge is 0.179 e. The normalized spacial score (nSPS) is 11.6. The summed E-state index contributed by atoms with van der Waals surface area (Å²) in [5.74, 6) is 0.693. The van der Waals surface area contributed by atoms with Gasteiger partial charge in [-0.1, -0.05) is 37.3 Å². The third kappa shape index (κ3) is 4.31. The van der Waals surface area contributed by atoms with Gasteiger partial charge >= 0.3 is 0 Å². The Hall–Kier alpha value is -1.77. The van der Waals surface area contributed by atoms with Gasteiger partial charge in [-0.2, -0.15) is 0 Å². The first-order chi connectivity index (χ1) is 8.17. The highest BCUT2D eigenvalue weighted by molar-refractivity contribution is 5.78. The maximum absolute atomic E-state index is 11.6. The Morgan fingerprint density at radius 3 is 2.59 bits per heavy atom. The fraction of sp³-hybridized carbons (Fsp3) is 0.357. The van der Waals surface area contributed by atoms with Gasteiger partial charge in [0.1, 0.15) is 5.78 Å². The molecule has 0 saturated carbocycles. The lowest BCUT2D eigenvalue weighted by Gasteiger charge is -2.20. The standard InChI is InChI=1S/C14H19NO2/c1-4-13(16)10-14(15-11(2)17-3)12-8-6-5-7-9-12/h5-9,14-15H,2,4,10H2,1,3H3. The van der Waals surface area contributed by atoms with Crippen molar-refractivity contribution in [2.45, 2.75) is 25.8 Å². The SMILES string of the molecule is C=C(NC(CC(=O)CC)c1ccccc1)OC. The Labute approximate surface area is 102 Å². The molecule has 3 nitrogen and oxygen atoms in total. The summed E-state index contributed by atoms with van der Waals surface area (Å²) in [6.07, 6.45) is 0.993. The fourth-order valence-corrected chi connectivity index (χ4v) is 1.56. The molecule has 17 heavy (non-hydrogen) atoms. The minimum Gasteiger partial charge on any atom is -0.483 e. The van der Waals surface area contributed by atoms with Crippen molar-refractivity contribution in [2.24, 2.45) is 0 Å². The van der Waals surface area contributed by atoms with Crippen molar-refractivity contribution in [1.82, 2.24) is 5.32 Å². The highest BCUT2D eigenvalue weighted by Crippen LogP contribution is 2.18. The first kappa shape index (κ1) is 13.3. The number of carbonyl (C=O) groups is 1. The third-order valence-electron chi connectivity index (χ3n) is 2.61. The van der Waals surface area contributed by atoms with Crippen LogP contribution in [0.3, 0.4) is 0 Å². The van der Waals surface area contributed by atoms with Crippen molar-refractivity contribution in [3.05, 3.63) is 48.4 Å². The van der Waals surface area contributed by atoms with E-state index in [4.69, 9.17) is 4.74 Å². The molecular formula is C14H19NO2. The second-order valence-electron chi connectivity index (χ2n) is 3.83. The maximum atomic E-state index is 11.6. The van der Waals surface area contributed by atoms with Crippen LogP contribution in [0.5, 0.6) is 0 Å². The van der Waals surface area contributed by atoms with Crippen molar-refractivity contribution in [3.63, 3.8) is 0 Å². The van der Waals surface area contributed by atoms with E-state index in [2.05, 4.69) is 11.9 Å². The van der Waals surface area contributed by atoms with Crippen LogP contribution >= 0.6 is 0 Å². The maximum Gasteiger partial charge on any atom is 0.179 e. The van der Waals surface area contributed by atoms with E-state index in [1.807, 2.05) is 37.3 Å². The van der Waals surface area contributed by atoms with Crippen LogP contribution in [0.1, 0.15) is 31.4 Å². The van der Waals surface area contributed by atoms with Crippen LogP contribution in [0, 0.1) is 0 Å². The lowest BCUT2D eigenvalue weighted by atomic mass is 10.0. The largest absolute Gasteiger partial charge is 0.483 e. The van der Waals surface area contributed by atoms with Gasteiger partial charge in [-0.05, 0) is 12.1 Å². The summed E-state index contributed by atoms with van der Waals surface area (Å²) in [5, 5.41) is 3.11. The quantitative estimate of drug-likeness (QED) is 0.736. The van der Waals surface area contributed by atoms with Crippen molar-refractivity contribution in [1.29, 1.82) is 0 Å². The Bertz CT molecular complexity index is 355. The number of methoxy groups -OCH3 is 1. The molecule has 1 N–H and O–H groups in total. The molecule has 92 valence electrons. The van der Waals surface area contributed by atoms with Gasteiger partial charge in [0.2, 0.25) is 0 Å². The zero-order valence-corrected chi connectivity index (χ0v) is 10.4. The minimum atomic E-state index is -0.0731. The molecule has 1 aromatic rings. The second kappa shape index (κ2) is 6.74. The molecular weight excluding hydrogens is 214 g/mol. The zero-order valence-electron chi connectivity index (χ0n) is 10.4. The van der Waals surface area contributed by atoms with Gasteiger partial charge in [0.05, 0.1) is 13.2 Å². The summed E-state index contributed by atoms with van der Waals surface area (Å²) in [6.45, 7) is 5.60. The third-order valence-corrected chi connectivity index (χ3v) is 2.61. The van der Waals surface area contributed by atoms with Gasteiger partial charge in [-0.15, -0.1) is 0 Å². The number of Topliss-reactive ketones (excluding diaryl/α,β-unsaturated/α-hetero) is 1. The summed E-state index contributed by atoms with van der Waals surface area (Å²) in [7, 11) is 1.55. The van der Waals surface area contributed by atoms with Crippen molar-refractivity contribution in [3.8, 4) is 0 Å². The predicted octanol–water partition coefficient (Wildman–Crippen LogP) is 2.80. The van der Waals surface area contributed by atoms with Gasteiger partial charge in [0.25, 0.3) is 0 Å².